The normalized spacial score (nSPS) is 30.3. The topological polar surface area (TPSA) is 91.3 Å². The minimum Gasteiger partial charge on any atom is -0.394 e. The van der Waals surface area contributed by atoms with Crippen LogP contribution in [0.2, 0.25) is 0 Å². The predicted octanol–water partition coefficient (Wildman–Crippen LogP) is -0.605. The second-order valence-corrected chi connectivity index (χ2v) is 3.41. The molecule has 0 amide bonds. The molecule has 15 heavy (non-hydrogen) atoms. The van der Waals surface area contributed by atoms with Crippen LogP contribution in [0.4, 0.5) is 0 Å². The van der Waals surface area contributed by atoms with E-state index in [4.69, 9.17) is 15.1 Å². The lowest BCUT2D eigenvalue weighted by Gasteiger charge is -2.13. The minimum atomic E-state index is -0.700. The summed E-state index contributed by atoms with van der Waals surface area (Å²) in [6.07, 6.45) is 1.57. The molecule has 3 atom stereocenters. The minimum absolute atomic E-state index is 0.228. The highest BCUT2D eigenvalue weighted by Crippen LogP contribution is 2.29. The van der Waals surface area contributed by atoms with E-state index in [9.17, 15) is 5.11 Å². The Bertz CT molecular complexity index is 384. The molecule has 0 aliphatic carbocycles. The van der Waals surface area contributed by atoms with E-state index in [0.717, 1.165) is 0 Å². The summed E-state index contributed by atoms with van der Waals surface area (Å²) < 4.78 is 6.94. The Hall–Kier alpha value is -1.42. The number of nitrogens with zero attached hydrogens (tertiary/aromatic N) is 3. The standard InChI is InChI=1S/C9H11N3O3/c10-2-6-3-11-5-12(6)9-1-7(14)8(4-13)15-9/h3,5,7-9,13-14H,1,4H2/t7-,8+,9+/m0/s1. The van der Waals surface area contributed by atoms with Gasteiger partial charge in [0.1, 0.15) is 24.1 Å². The van der Waals surface area contributed by atoms with E-state index >= 15 is 0 Å². The van der Waals surface area contributed by atoms with Crippen molar-refractivity contribution in [2.24, 2.45) is 0 Å². The van der Waals surface area contributed by atoms with Gasteiger partial charge in [-0.2, -0.15) is 5.26 Å². The SMILES string of the molecule is N#Cc1cncn1[C@H]1C[C@H](O)[C@@H](CO)O1. The summed E-state index contributed by atoms with van der Waals surface area (Å²) in [6.45, 7) is -0.228. The van der Waals surface area contributed by atoms with Crippen LogP contribution in [0.1, 0.15) is 18.3 Å². The first-order chi connectivity index (χ1) is 7.26. The molecule has 0 saturated carbocycles. The van der Waals surface area contributed by atoms with E-state index in [1.54, 1.807) is 4.57 Å². The van der Waals surface area contributed by atoms with Crippen molar-refractivity contribution in [3.05, 3.63) is 18.2 Å². The van der Waals surface area contributed by atoms with Gasteiger partial charge in [0.05, 0.1) is 25.2 Å². The van der Waals surface area contributed by atoms with Gasteiger partial charge in [0.25, 0.3) is 0 Å². The molecule has 2 heterocycles. The van der Waals surface area contributed by atoms with Crippen LogP contribution in [0.3, 0.4) is 0 Å². The third-order valence-corrected chi connectivity index (χ3v) is 2.47. The molecular formula is C9H11N3O3. The second-order valence-electron chi connectivity index (χ2n) is 3.41. The number of imidazole rings is 1. The monoisotopic (exact) mass is 209 g/mol. The highest BCUT2D eigenvalue weighted by atomic mass is 16.5. The van der Waals surface area contributed by atoms with Crippen LogP contribution in [0.15, 0.2) is 12.5 Å². The zero-order valence-electron chi connectivity index (χ0n) is 7.95. The lowest BCUT2D eigenvalue weighted by atomic mass is 10.2. The van der Waals surface area contributed by atoms with Crippen LogP contribution in [-0.4, -0.2) is 38.6 Å². The van der Waals surface area contributed by atoms with E-state index in [-0.39, 0.29) is 6.61 Å². The van der Waals surface area contributed by atoms with E-state index < -0.39 is 18.4 Å². The van der Waals surface area contributed by atoms with Gasteiger partial charge in [-0.05, 0) is 0 Å². The molecule has 2 rings (SSSR count). The second kappa shape index (κ2) is 3.98. The van der Waals surface area contributed by atoms with Crippen LogP contribution >= 0.6 is 0 Å². The fraction of sp³-hybridized carbons (Fsp3) is 0.556. The van der Waals surface area contributed by atoms with Crippen molar-refractivity contribution < 1.29 is 14.9 Å². The largest absolute Gasteiger partial charge is 0.394 e. The first-order valence-electron chi connectivity index (χ1n) is 4.62. The van der Waals surface area contributed by atoms with Gasteiger partial charge in [-0.15, -0.1) is 0 Å². The van der Waals surface area contributed by atoms with E-state index in [2.05, 4.69) is 4.98 Å². The Morgan fingerprint density at radius 3 is 3.13 bits per heavy atom. The highest BCUT2D eigenvalue weighted by molar-refractivity contribution is 5.17. The molecule has 80 valence electrons. The fourth-order valence-corrected chi connectivity index (χ4v) is 1.67. The molecule has 1 aliphatic rings. The molecule has 1 fully saturated rings. The average molecular weight is 209 g/mol. The number of ether oxygens (including phenoxy) is 1. The van der Waals surface area contributed by atoms with Crippen molar-refractivity contribution in [2.75, 3.05) is 6.61 Å². The summed E-state index contributed by atoms with van der Waals surface area (Å²) in [5.74, 6) is 0. The molecule has 0 aromatic carbocycles. The molecule has 0 unspecified atom stereocenters. The van der Waals surface area contributed by atoms with Crippen molar-refractivity contribution in [3.8, 4) is 6.07 Å². The number of rotatable bonds is 2. The quantitative estimate of drug-likeness (QED) is 0.678. The van der Waals surface area contributed by atoms with Gasteiger partial charge in [-0.1, -0.05) is 0 Å². The molecule has 0 bridgehead atoms. The first-order valence-corrected chi connectivity index (χ1v) is 4.62. The van der Waals surface area contributed by atoms with Gasteiger partial charge in [-0.3, -0.25) is 4.57 Å². The van der Waals surface area contributed by atoms with E-state index in [0.29, 0.717) is 12.1 Å². The molecule has 1 aromatic heterocycles. The fourth-order valence-electron chi connectivity index (χ4n) is 1.67. The number of nitriles is 1. The molecule has 1 aliphatic heterocycles. The van der Waals surface area contributed by atoms with Crippen LogP contribution in [-0.2, 0) is 4.74 Å². The van der Waals surface area contributed by atoms with Crippen molar-refractivity contribution in [1.29, 1.82) is 5.26 Å². The van der Waals surface area contributed by atoms with E-state index in [1.165, 1.54) is 12.5 Å². The molecule has 6 heteroatoms. The van der Waals surface area contributed by atoms with Crippen LogP contribution < -0.4 is 0 Å². The summed E-state index contributed by atoms with van der Waals surface area (Å²) in [5.41, 5.74) is 0.380. The predicted molar refractivity (Wildman–Crippen MR) is 48.6 cm³/mol. The first kappa shape index (κ1) is 10.1. The zero-order chi connectivity index (χ0) is 10.8. The highest BCUT2D eigenvalue weighted by Gasteiger charge is 2.34. The third kappa shape index (κ3) is 1.72. The number of aromatic nitrogens is 2. The molecule has 0 radical (unpaired) electrons. The van der Waals surface area contributed by atoms with Gasteiger partial charge in [0, 0.05) is 6.42 Å². The molecular weight excluding hydrogens is 198 g/mol. The van der Waals surface area contributed by atoms with Gasteiger partial charge in [0.2, 0.25) is 0 Å². The lowest BCUT2D eigenvalue weighted by molar-refractivity contribution is -0.0446. The number of aliphatic hydroxyl groups excluding tert-OH is 2. The summed E-state index contributed by atoms with van der Waals surface area (Å²) in [4.78, 5) is 3.83. The smallest absolute Gasteiger partial charge is 0.142 e. The van der Waals surface area contributed by atoms with Gasteiger partial charge < -0.3 is 14.9 Å². The van der Waals surface area contributed by atoms with Gasteiger partial charge in [-0.25, -0.2) is 4.98 Å². The molecule has 0 spiro atoms. The van der Waals surface area contributed by atoms with Crippen LogP contribution in [0.25, 0.3) is 0 Å². The molecule has 2 N–H and O–H groups in total. The Morgan fingerprint density at radius 1 is 1.73 bits per heavy atom. The Labute approximate surface area is 86.3 Å². The van der Waals surface area contributed by atoms with E-state index in [1.807, 2.05) is 6.07 Å². The number of hydrogen-bond donors (Lipinski definition) is 2. The summed E-state index contributed by atoms with van der Waals surface area (Å²) in [7, 11) is 0. The Kier molecular flexibility index (Phi) is 2.68. The Balaban J connectivity index is 2.17. The maximum Gasteiger partial charge on any atom is 0.142 e. The number of aliphatic hydroxyl groups is 2. The van der Waals surface area contributed by atoms with Crippen molar-refractivity contribution in [1.82, 2.24) is 9.55 Å². The maximum absolute atomic E-state index is 9.52. The van der Waals surface area contributed by atoms with Crippen LogP contribution in [0.5, 0.6) is 0 Å². The van der Waals surface area contributed by atoms with Gasteiger partial charge in [0.15, 0.2) is 0 Å². The van der Waals surface area contributed by atoms with Crippen molar-refractivity contribution in [3.63, 3.8) is 0 Å². The lowest BCUT2D eigenvalue weighted by Crippen LogP contribution is -2.24. The summed E-state index contributed by atoms with van der Waals surface area (Å²) >= 11 is 0. The Morgan fingerprint density at radius 2 is 2.53 bits per heavy atom. The third-order valence-electron chi connectivity index (χ3n) is 2.47. The molecule has 1 saturated heterocycles. The molecule has 1 aromatic rings. The zero-order valence-corrected chi connectivity index (χ0v) is 7.95. The maximum atomic E-state index is 9.52. The summed E-state index contributed by atoms with van der Waals surface area (Å²) in [6, 6.07) is 1.98. The van der Waals surface area contributed by atoms with Gasteiger partial charge >= 0.3 is 0 Å². The van der Waals surface area contributed by atoms with Crippen molar-refractivity contribution in [2.45, 2.75) is 24.9 Å². The van der Waals surface area contributed by atoms with Crippen molar-refractivity contribution >= 4 is 0 Å². The summed E-state index contributed by atoms with van der Waals surface area (Å²) in [5, 5.41) is 27.2. The molecule has 6 nitrogen and oxygen atoms in total. The van der Waals surface area contributed by atoms with Crippen LogP contribution in [0, 0.1) is 11.3 Å². The average Bonchev–Trinajstić information content (AvgIpc) is 2.82. The number of hydrogen-bond acceptors (Lipinski definition) is 5.